The van der Waals surface area contributed by atoms with Crippen LogP contribution in [-0.2, 0) is 6.18 Å². The Bertz CT molecular complexity index is 775. The van der Waals surface area contributed by atoms with Crippen LogP contribution in [0.2, 0.25) is 0 Å². The zero-order valence-electron chi connectivity index (χ0n) is 10.5. The molecule has 0 aliphatic rings. The SMILES string of the molecule is Fc1cnc2c(Nc3ccc(C(F)(F)F)cc3)c[nH]c2c1. The second-order valence-electron chi connectivity index (χ2n) is 4.45. The number of anilines is 2. The molecule has 0 saturated heterocycles. The van der Waals surface area contributed by atoms with Crippen LogP contribution in [0.1, 0.15) is 5.56 Å². The first-order chi connectivity index (χ1) is 9.93. The molecule has 0 radical (unpaired) electrons. The molecule has 0 aliphatic carbocycles. The van der Waals surface area contributed by atoms with Crippen molar-refractivity contribution in [3.63, 3.8) is 0 Å². The molecule has 0 fully saturated rings. The number of H-pyrrole nitrogens is 1. The summed E-state index contributed by atoms with van der Waals surface area (Å²) in [5.74, 6) is -0.467. The number of nitrogens with one attached hydrogen (secondary N) is 2. The van der Waals surface area contributed by atoms with Crippen molar-refractivity contribution in [2.75, 3.05) is 5.32 Å². The highest BCUT2D eigenvalue weighted by Gasteiger charge is 2.29. The molecule has 21 heavy (non-hydrogen) atoms. The molecule has 0 unspecified atom stereocenters. The van der Waals surface area contributed by atoms with E-state index in [2.05, 4.69) is 15.3 Å². The van der Waals surface area contributed by atoms with E-state index in [-0.39, 0.29) is 0 Å². The highest BCUT2D eigenvalue weighted by Crippen LogP contribution is 2.31. The van der Waals surface area contributed by atoms with Crippen LogP contribution in [0.15, 0.2) is 42.7 Å². The lowest BCUT2D eigenvalue weighted by Crippen LogP contribution is -2.04. The van der Waals surface area contributed by atoms with E-state index in [4.69, 9.17) is 0 Å². The highest BCUT2D eigenvalue weighted by atomic mass is 19.4. The number of halogens is 4. The molecule has 2 aromatic heterocycles. The van der Waals surface area contributed by atoms with Crippen molar-refractivity contribution < 1.29 is 17.6 Å². The second kappa shape index (κ2) is 4.76. The third-order valence-electron chi connectivity index (χ3n) is 2.97. The third-order valence-corrected chi connectivity index (χ3v) is 2.97. The van der Waals surface area contributed by atoms with Gasteiger partial charge in [0, 0.05) is 18.0 Å². The first kappa shape index (κ1) is 13.4. The quantitative estimate of drug-likeness (QED) is 0.685. The number of hydrogen-bond donors (Lipinski definition) is 2. The summed E-state index contributed by atoms with van der Waals surface area (Å²) in [5, 5.41) is 2.94. The molecular weight excluding hydrogens is 286 g/mol. The first-order valence-corrected chi connectivity index (χ1v) is 6.00. The van der Waals surface area contributed by atoms with Gasteiger partial charge in [0.25, 0.3) is 0 Å². The zero-order chi connectivity index (χ0) is 15.0. The molecule has 2 heterocycles. The number of benzene rings is 1. The molecule has 108 valence electrons. The van der Waals surface area contributed by atoms with E-state index in [1.54, 1.807) is 6.20 Å². The van der Waals surface area contributed by atoms with Gasteiger partial charge in [-0.2, -0.15) is 13.2 Å². The van der Waals surface area contributed by atoms with Crippen LogP contribution in [-0.4, -0.2) is 9.97 Å². The smallest absolute Gasteiger partial charge is 0.358 e. The summed E-state index contributed by atoms with van der Waals surface area (Å²) in [6.45, 7) is 0. The van der Waals surface area contributed by atoms with Crippen LogP contribution >= 0.6 is 0 Å². The maximum Gasteiger partial charge on any atom is 0.416 e. The number of rotatable bonds is 2. The van der Waals surface area contributed by atoms with E-state index in [1.807, 2.05) is 0 Å². The molecule has 7 heteroatoms. The van der Waals surface area contributed by atoms with Crippen molar-refractivity contribution in [2.24, 2.45) is 0 Å². The summed E-state index contributed by atoms with van der Waals surface area (Å²) in [6, 6.07) is 5.92. The standard InChI is InChI=1S/C14H9F4N3/c15-9-5-11-13(20-6-9)12(7-19-11)21-10-3-1-8(2-4-10)14(16,17)18/h1-7,19,21H. The molecule has 0 saturated carbocycles. The first-order valence-electron chi connectivity index (χ1n) is 6.00. The summed E-state index contributed by atoms with van der Waals surface area (Å²) in [4.78, 5) is 6.78. The van der Waals surface area contributed by atoms with Crippen LogP contribution in [0.3, 0.4) is 0 Å². The van der Waals surface area contributed by atoms with E-state index in [9.17, 15) is 17.6 Å². The molecule has 3 rings (SSSR count). The molecule has 3 aromatic rings. The predicted octanol–water partition coefficient (Wildman–Crippen LogP) is 4.46. The molecule has 0 amide bonds. The molecule has 1 aromatic carbocycles. The minimum Gasteiger partial charge on any atom is -0.358 e. The normalized spacial score (nSPS) is 11.8. The number of fused-ring (bicyclic) bond motifs is 1. The van der Waals surface area contributed by atoms with Gasteiger partial charge in [0.1, 0.15) is 11.3 Å². The Balaban J connectivity index is 1.88. The molecule has 0 atom stereocenters. The van der Waals surface area contributed by atoms with Gasteiger partial charge >= 0.3 is 6.18 Å². The molecule has 0 bridgehead atoms. The van der Waals surface area contributed by atoms with E-state index in [0.717, 1.165) is 18.3 Å². The molecule has 0 spiro atoms. The molecule has 2 N–H and O–H groups in total. The zero-order valence-corrected chi connectivity index (χ0v) is 10.5. The monoisotopic (exact) mass is 295 g/mol. The third kappa shape index (κ3) is 2.67. The Kier molecular flexibility index (Phi) is 3.04. The predicted molar refractivity (Wildman–Crippen MR) is 70.8 cm³/mol. The fraction of sp³-hybridized carbons (Fsp3) is 0.0714. The molecule has 0 aliphatic heterocycles. The van der Waals surface area contributed by atoms with Crippen LogP contribution in [0.4, 0.5) is 28.9 Å². The summed E-state index contributed by atoms with van der Waals surface area (Å²) in [5.41, 5.74) is 1.34. The van der Waals surface area contributed by atoms with Gasteiger partial charge < -0.3 is 10.3 Å². The lowest BCUT2D eigenvalue weighted by Gasteiger charge is -2.08. The Morgan fingerprint density at radius 2 is 1.81 bits per heavy atom. The van der Waals surface area contributed by atoms with Crippen molar-refractivity contribution in [1.82, 2.24) is 9.97 Å². The topological polar surface area (TPSA) is 40.7 Å². The van der Waals surface area contributed by atoms with Crippen molar-refractivity contribution in [3.8, 4) is 0 Å². The van der Waals surface area contributed by atoms with Crippen molar-refractivity contribution >= 4 is 22.4 Å². The molecule has 3 nitrogen and oxygen atoms in total. The maximum absolute atomic E-state index is 13.0. The average molecular weight is 295 g/mol. The fourth-order valence-corrected chi connectivity index (χ4v) is 1.98. The van der Waals surface area contributed by atoms with E-state index in [0.29, 0.717) is 22.4 Å². The number of aromatic nitrogens is 2. The summed E-state index contributed by atoms with van der Waals surface area (Å²) in [7, 11) is 0. The number of aromatic amines is 1. The van der Waals surface area contributed by atoms with Gasteiger partial charge in [-0.05, 0) is 24.3 Å². The van der Waals surface area contributed by atoms with Crippen LogP contribution < -0.4 is 5.32 Å². The van der Waals surface area contributed by atoms with E-state index < -0.39 is 17.6 Å². The van der Waals surface area contributed by atoms with Crippen molar-refractivity contribution in [1.29, 1.82) is 0 Å². The lowest BCUT2D eigenvalue weighted by molar-refractivity contribution is -0.137. The van der Waals surface area contributed by atoms with Crippen LogP contribution in [0, 0.1) is 5.82 Å². The summed E-state index contributed by atoms with van der Waals surface area (Å²) < 4.78 is 50.4. The minimum atomic E-state index is -4.36. The number of alkyl halides is 3. The van der Waals surface area contributed by atoms with Crippen molar-refractivity contribution in [2.45, 2.75) is 6.18 Å². The maximum atomic E-state index is 13.0. The van der Waals surface area contributed by atoms with Gasteiger partial charge in [-0.25, -0.2) is 9.37 Å². The summed E-state index contributed by atoms with van der Waals surface area (Å²) in [6.07, 6.45) is -1.71. The van der Waals surface area contributed by atoms with Crippen molar-refractivity contribution in [3.05, 3.63) is 54.1 Å². The van der Waals surface area contributed by atoms with E-state index in [1.165, 1.54) is 18.2 Å². The number of pyridine rings is 1. The Morgan fingerprint density at radius 3 is 2.48 bits per heavy atom. The van der Waals surface area contributed by atoms with Gasteiger partial charge in [0.15, 0.2) is 0 Å². The number of hydrogen-bond acceptors (Lipinski definition) is 2. The van der Waals surface area contributed by atoms with Gasteiger partial charge in [0.05, 0.1) is 23.0 Å². The minimum absolute atomic E-state index is 0.467. The van der Waals surface area contributed by atoms with Gasteiger partial charge in [-0.1, -0.05) is 0 Å². The van der Waals surface area contributed by atoms with Crippen LogP contribution in [0.5, 0.6) is 0 Å². The average Bonchev–Trinajstić information content (AvgIpc) is 2.80. The summed E-state index contributed by atoms with van der Waals surface area (Å²) >= 11 is 0. The Labute approximate surface area is 116 Å². The largest absolute Gasteiger partial charge is 0.416 e. The Hall–Kier alpha value is -2.57. The van der Waals surface area contributed by atoms with Gasteiger partial charge in [0.2, 0.25) is 0 Å². The van der Waals surface area contributed by atoms with Crippen LogP contribution in [0.25, 0.3) is 11.0 Å². The highest BCUT2D eigenvalue weighted by molar-refractivity contribution is 5.90. The molecular formula is C14H9F4N3. The fourth-order valence-electron chi connectivity index (χ4n) is 1.98. The van der Waals surface area contributed by atoms with Gasteiger partial charge in [-0.15, -0.1) is 0 Å². The number of nitrogens with zero attached hydrogens (tertiary/aromatic N) is 1. The lowest BCUT2D eigenvalue weighted by atomic mass is 10.2. The van der Waals surface area contributed by atoms with Gasteiger partial charge in [-0.3, -0.25) is 0 Å². The second-order valence-corrected chi connectivity index (χ2v) is 4.45. The Morgan fingerprint density at radius 1 is 1.10 bits per heavy atom. The van der Waals surface area contributed by atoms with E-state index >= 15 is 0 Å².